The molecule has 0 saturated heterocycles. The third-order valence-electron chi connectivity index (χ3n) is 1.94. The summed E-state index contributed by atoms with van der Waals surface area (Å²) in [6.45, 7) is 5.22. The minimum absolute atomic E-state index is 0.311. The van der Waals surface area contributed by atoms with Gasteiger partial charge in [-0.1, -0.05) is 5.92 Å². The third-order valence-corrected chi connectivity index (χ3v) is 1.94. The van der Waals surface area contributed by atoms with Crippen LogP contribution >= 0.6 is 0 Å². The average Bonchev–Trinajstić information content (AvgIpc) is 2.89. The summed E-state index contributed by atoms with van der Waals surface area (Å²) in [6, 6.07) is 0. The van der Waals surface area contributed by atoms with Crippen molar-refractivity contribution in [1.29, 1.82) is 0 Å². The van der Waals surface area contributed by atoms with Crippen LogP contribution in [0.2, 0.25) is 0 Å². The molecule has 1 fully saturated rings. The molecule has 0 N–H and O–H groups in total. The van der Waals surface area contributed by atoms with Crippen molar-refractivity contribution < 1.29 is 9.47 Å². The van der Waals surface area contributed by atoms with Gasteiger partial charge in [0.25, 0.3) is 0 Å². The number of hydrogen-bond acceptors (Lipinski definition) is 2. The van der Waals surface area contributed by atoms with Gasteiger partial charge >= 0.3 is 0 Å². The second-order valence-electron chi connectivity index (χ2n) is 3.21. The fourth-order valence-electron chi connectivity index (χ4n) is 1.04. The number of rotatable bonds is 5. The molecule has 0 atom stereocenters. The van der Waals surface area contributed by atoms with Gasteiger partial charge in [0.15, 0.2) is 0 Å². The quantitative estimate of drug-likeness (QED) is 0.479. The highest BCUT2D eigenvalue weighted by atomic mass is 16.7. The summed E-state index contributed by atoms with van der Waals surface area (Å²) in [5.41, 5.74) is 0. The van der Waals surface area contributed by atoms with Gasteiger partial charge in [-0.15, -0.1) is 0 Å². The molecule has 0 aromatic rings. The molecule has 1 saturated carbocycles. The maximum atomic E-state index is 5.29. The molecule has 74 valence electrons. The lowest BCUT2D eigenvalue weighted by Crippen LogP contribution is -2.14. The monoisotopic (exact) mass is 182 g/mol. The van der Waals surface area contributed by atoms with Gasteiger partial charge in [-0.2, -0.15) is 0 Å². The van der Waals surface area contributed by atoms with E-state index >= 15 is 0 Å². The molecule has 0 unspecified atom stereocenters. The second kappa shape index (κ2) is 6.01. The molecule has 0 aromatic carbocycles. The summed E-state index contributed by atoms with van der Waals surface area (Å²) in [5, 5.41) is 0. The van der Waals surface area contributed by atoms with Crippen LogP contribution in [0.1, 0.15) is 33.1 Å². The molecule has 0 spiro atoms. The molecule has 0 radical (unpaired) electrons. The summed E-state index contributed by atoms with van der Waals surface area (Å²) in [4.78, 5) is 0. The first kappa shape index (κ1) is 10.6. The van der Waals surface area contributed by atoms with Crippen LogP contribution in [0.4, 0.5) is 0 Å². The molecule has 2 heteroatoms. The van der Waals surface area contributed by atoms with Gasteiger partial charge in [0.2, 0.25) is 6.29 Å². The van der Waals surface area contributed by atoms with Crippen molar-refractivity contribution in [3.63, 3.8) is 0 Å². The Balaban J connectivity index is 2.19. The smallest absolute Gasteiger partial charge is 0.222 e. The van der Waals surface area contributed by atoms with Crippen molar-refractivity contribution in [2.45, 2.75) is 39.4 Å². The molecule has 0 heterocycles. The van der Waals surface area contributed by atoms with Gasteiger partial charge in [0.1, 0.15) is 0 Å². The lowest BCUT2D eigenvalue weighted by molar-refractivity contribution is -0.0970. The van der Waals surface area contributed by atoms with Crippen molar-refractivity contribution in [3.05, 3.63) is 0 Å². The van der Waals surface area contributed by atoms with Crippen molar-refractivity contribution in [2.75, 3.05) is 13.2 Å². The summed E-state index contributed by atoms with van der Waals surface area (Å²) >= 11 is 0. The van der Waals surface area contributed by atoms with E-state index in [0.29, 0.717) is 13.2 Å². The first-order chi connectivity index (χ1) is 6.36. The average molecular weight is 182 g/mol. The zero-order chi connectivity index (χ0) is 9.52. The van der Waals surface area contributed by atoms with E-state index in [0.717, 1.165) is 12.3 Å². The second-order valence-corrected chi connectivity index (χ2v) is 3.21. The number of ether oxygens (including phenoxy) is 2. The van der Waals surface area contributed by atoms with Crippen LogP contribution in [0.3, 0.4) is 0 Å². The third kappa shape index (κ3) is 4.92. The molecular weight excluding hydrogens is 164 g/mol. The molecule has 0 aliphatic heterocycles. The van der Waals surface area contributed by atoms with E-state index in [1.807, 2.05) is 13.8 Å². The van der Waals surface area contributed by atoms with Gasteiger partial charge in [0, 0.05) is 19.6 Å². The Morgan fingerprint density at radius 2 is 1.85 bits per heavy atom. The topological polar surface area (TPSA) is 18.5 Å². The Bertz CT molecular complexity index is 180. The van der Waals surface area contributed by atoms with Gasteiger partial charge in [-0.3, -0.25) is 0 Å². The summed E-state index contributed by atoms with van der Waals surface area (Å²) in [6.07, 6.45) is 3.40. The summed E-state index contributed by atoms with van der Waals surface area (Å²) in [7, 11) is 0. The predicted octanol–water partition coefficient (Wildman–Crippen LogP) is 2.19. The lowest BCUT2D eigenvalue weighted by atomic mass is 10.3. The summed E-state index contributed by atoms with van der Waals surface area (Å²) < 4.78 is 10.6. The fourth-order valence-corrected chi connectivity index (χ4v) is 1.04. The SMILES string of the molecule is CCOC(C#CCC1CC1)OCC. The molecule has 13 heavy (non-hydrogen) atoms. The molecule has 0 amide bonds. The van der Waals surface area contributed by atoms with Crippen LogP contribution in [-0.4, -0.2) is 19.5 Å². The predicted molar refractivity (Wildman–Crippen MR) is 52.2 cm³/mol. The maximum absolute atomic E-state index is 5.29. The first-order valence-corrected chi connectivity index (χ1v) is 5.08. The van der Waals surface area contributed by atoms with Crippen LogP contribution < -0.4 is 0 Å². The molecule has 2 nitrogen and oxygen atoms in total. The standard InChI is InChI=1S/C11H18O2/c1-3-12-11(13-4-2)7-5-6-10-8-9-10/h10-11H,3-4,6,8-9H2,1-2H3. The normalized spacial score (nSPS) is 15.6. The Morgan fingerprint density at radius 1 is 1.23 bits per heavy atom. The zero-order valence-corrected chi connectivity index (χ0v) is 8.51. The highest BCUT2D eigenvalue weighted by Gasteiger charge is 2.19. The van der Waals surface area contributed by atoms with Gasteiger partial charge in [-0.25, -0.2) is 0 Å². The van der Waals surface area contributed by atoms with Crippen molar-refractivity contribution in [1.82, 2.24) is 0 Å². The van der Waals surface area contributed by atoms with E-state index in [9.17, 15) is 0 Å². The molecule has 1 rings (SSSR count). The Labute approximate surface area is 80.6 Å². The van der Waals surface area contributed by atoms with Crippen LogP contribution in [0, 0.1) is 17.8 Å². The fraction of sp³-hybridized carbons (Fsp3) is 0.818. The largest absolute Gasteiger partial charge is 0.342 e. The van der Waals surface area contributed by atoms with E-state index in [-0.39, 0.29) is 6.29 Å². The number of hydrogen-bond donors (Lipinski definition) is 0. The minimum atomic E-state index is -0.311. The zero-order valence-electron chi connectivity index (χ0n) is 8.51. The Hall–Kier alpha value is -0.520. The van der Waals surface area contributed by atoms with E-state index in [2.05, 4.69) is 11.8 Å². The van der Waals surface area contributed by atoms with E-state index in [4.69, 9.17) is 9.47 Å². The van der Waals surface area contributed by atoms with Gasteiger partial charge in [-0.05, 0) is 38.5 Å². The van der Waals surface area contributed by atoms with Crippen LogP contribution in [0.5, 0.6) is 0 Å². The Kier molecular flexibility index (Phi) is 4.88. The lowest BCUT2D eigenvalue weighted by Gasteiger charge is -2.09. The highest BCUT2D eigenvalue weighted by molar-refractivity contribution is 5.04. The highest BCUT2D eigenvalue weighted by Crippen LogP contribution is 2.31. The molecule has 1 aliphatic rings. The molecule has 1 aliphatic carbocycles. The molecule has 0 aromatic heterocycles. The van der Waals surface area contributed by atoms with Crippen LogP contribution in [0.25, 0.3) is 0 Å². The van der Waals surface area contributed by atoms with Crippen LogP contribution in [0.15, 0.2) is 0 Å². The Morgan fingerprint density at radius 3 is 2.31 bits per heavy atom. The van der Waals surface area contributed by atoms with E-state index in [1.165, 1.54) is 12.8 Å². The van der Waals surface area contributed by atoms with Gasteiger partial charge < -0.3 is 9.47 Å². The minimum Gasteiger partial charge on any atom is -0.342 e. The van der Waals surface area contributed by atoms with Crippen molar-refractivity contribution >= 4 is 0 Å². The van der Waals surface area contributed by atoms with Crippen molar-refractivity contribution in [2.24, 2.45) is 5.92 Å². The van der Waals surface area contributed by atoms with Crippen molar-refractivity contribution in [3.8, 4) is 11.8 Å². The van der Waals surface area contributed by atoms with Gasteiger partial charge in [0.05, 0.1) is 0 Å². The van der Waals surface area contributed by atoms with E-state index in [1.54, 1.807) is 0 Å². The first-order valence-electron chi connectivity index (χ1n) is 5.08. The maximum Gasteiger partial charge on any atom is 0.222 e. The molecular formula is C11H18O2. The summed E-state index contributed by atoms with van der Waals surface area (Å²) in [5.74, 6) is 6.97. The molecule has 0 bridgehead atoms. The van der Waals surface area contributed by atoms with Crippen LogP contribution in [-0.2, 0) is 9.47 Å². The van der Waals surface area contributed by atoms with E-state index < -0.39 is 0 Å².